The molecule has 2 atom stereocenters. The van der Waals surface area contributed by atoms with Gasteiger partial charge in [-0.15, -0.1) is 11.8 Å². The molecule has 5 nitrogen and oxygen atoms in total. The van der Waals surface area contributed by atoms with Crippen molar-refractivity contribution in [3.63, 3.8) is 0 Å². The van der Waals surface area contributed by atoms with Crippen LogP contribution in [0.15, 0.2) is 27.8 Å². The van der Waals surface area contributed by atoms with Crippen LogP contribution >= 0.6 is 11.8 Å². The molecule has 0 aliphatic carbocycles. The number of hydrogen-bond donors (Lipinski definition) is 1. The van der Waals surface area contributed by atoms with Gasteiger partial charge in [0.25, 0.3) is 5.91 Å². The summed E-state index contributed by atoms with van der Waals surface area (Å²) in [6, 6.07) is 4.26. The van der Waals surface area contributed by atoms with E-state index in [0.29, 0.717) is 17.7 Å². The standard InChI is InChI=1S/C17H21N3O2S/c1-10-15(11-3-6-20(10)7-4-11)19-16(21)13-9-14-12(5-8-22-14)17(18-13)23-2/h5,8-11,15H,3-4,6-7H2,1-2H3,(H,19,21). The van der Waals surface area contributed by atoms with Crippen LogP contribution in [0.3, 0.4) is 0 Å². The van der Waals surface area contributed by atoms with E-state index in [2.05, 4.69) is 22.1 Å². The number of carbonyl (C=O) groups is 1. The molecule has 3 aliphatic heterocycles. The molecule has 0 radical (unpaired) electrons. The second kappa shape index (κ2) is 5.83. The molecule has 2 aromatic heterocycles. The lowest BCUT2D eigenvalue weighted by Crippen LogP contribution is -2.62. The van der Waals surface area contributed by atoms with Crippen molar-refractivity contribution in [3.05, 3.63) is 24.1 Å². The highest BCUT2D eigenvalue weighted by Gasteiger charge is 2.40. The van der Waals surface area contributed by atoms with E-state index in [1.165, 1.54) is 24.6 Å². The number of hydrogen-bond acceptors (Lipinski definition) is 5. The predicted octanol–water partition coefficient (Wildman–Crippen LogP) is 2.76. The highest BCUT2D eigenvalue weighted by atomic mass is 32.2. The van der Waals surface area contributed by atoms with Gasteiger partial charge >= 0.3 is 0 Å². The number of thioether (sulfide) groups is 1. The van der Waals surface area contributed by atoms with Crippen molar-refractivity contribution >= 4 is 28.6 Å². The molecule has 5 heterocycles. The number of furan rings is 1. The van der Waals surface area contributed by atoms with Crippen LogP contribution < -0.4 is 5.32 Å². The fraction of sp³-hybridized carbons (Fsp3) is 0.529. The molecule has 5 rings (SSSR count). The number of carbonyl (C=O) groups excluding carboxylic acids is 1. The first-order valence-corrected chi connectivity index (χ1v) is 9.37. The van der Waals surface area contributed by atoms with Gasteiger partial charge in [-0.25, -0.2) is 4.98 Å². The van der Waals surface area contributed by atoms with E-state index < -0.39 is 0 Å². The van der Waals surface area contributed by atoms with Crippen LogP contribution in [0.4, 0.5) is 0 Å². The summed E-state index contributed by atoms with van der Waals surface area (Å²) >= 11 is 1.53. The van der Waals surface area contributed by atoms with Crippen LogP contribution in [0.5, 0.6) is 0 Å². The number of amides is 1. The zero-order chi connectivity index (χ0) is 16.0. The van der Waals surface area contributed by atoms with Crippen molar-refractivity contribution in [2.24, 2.45) is 5.92 Å². The average Bonchev–Trinajstić information content (AvgIpc) is 3.06. The van der Waals surface area contributed by atoms with Crippen molar-refractivity contribution in [3.8, 4) is 0 Å². The lowest BCUT2D eigenvalue weighted by atomic mass is 9.79. The zero-order valence-corrected chi connectivity index (χ0v) is 14.2. The predicted molar refractivity (Wildman–Crippen MR) is 90.8 cm³/mol. The molecular formula is C17H21N3O2S. The maximum Gasteiger partial charge on any atom is 0.270 e. The van der Waals surface area contributed by atoms with E-state index in [1.54, 1.807) is 12.3 Å². The molecule has 122 valence electrons. The maximum atomic E-state index is 12.7. The van der Waals surface area contributed by atoms with E-state index in [-0.39, 0.29) is 11.9 Å². The SMILES string of the molecule is CSc1nc(C(=O)NC2C3CCN(CC3)C2C)cc2occc12. The molecule has 23 heavy (non-hydrogen) atoms. The van der Waals surface area contributed by atoms with E-state index in [4.69, 9.17) is 4.42 Å². The molecular weight excluding hydrogens is 310 g/mol. The Morgan fingerprint density at radius 3 is 2.91 bits per heavy atom. The van der Waals surface area contributed by atoms with Gasteiger partial charge in [0.1, 0.15) is 16.3 Å². The second-order valence-electron chi connectivity index (χ2n) is 6.46. The highest BCUT2D eigenvalue weighted by Crippen LogP contribution is 2.32. The molecule has 2 bridgehead atoms. The van der Waals surface area contributed by atoms with Crippen molar-refractivity contribution < 1.29 is 9.21 Å². The molecule has 2 aromatic rings. The summed E-state index contributed by atoms with van der Waals surface area (Å²) in [5.74, 6) is 0.496. The van der Waals surface area contributed by atoms with Gasteiger partial charge in [-0.1, -0.05) is 0 Å². The average molecular weight is 331 g/mol. The molecule has 1 N–H and O–H groups in total. The maximum absolute atomic E-state index is 12.7. The molecule has 3 aliphatic rings. The second-order valence-corrected chi connectivity index (χ2v) is 7.26. The van der Waals surface area contributed by atoms with Crippen LogP contribution in [0.1, 0.15) is 30.3 Å². The third kappa shape index (κ3) is 2.54. The van der Waals surface area contributed by atoms with Crippen LogP contribution in [-0.4, -0.2) is 47.2 Å². The summed E-state index contributed by atoms with van der Waals surface area (Å²) < 4.78 is 5.47. The molecule has 6 heteroatoms. The lowest BCUT2D eigenvalue weighted by molar-refractivity contribution is 0.0216. The van der Waals surface area contributed by atoms with Crippen molar-refractivity contribution in [1.29, 1.82) is 0 Å². The first-order valence-electron chi connectivity index (χ1n) is 8.14. The van der Waals surface area contributed by atoms with E-state index in [0.717, 1.165) is 29.1 Å². The monoisotopic (exact) mass is 331 g/mol. The Morgan fingerprint density at radius 1 is 1.43 bits per heavy atom. The van der Waals surface area contributed by atoms with Gasteiger partial charge in [0, 0.05) is 18.2 Å². The first-order chi connectivity index (χ1) is 11.2. The number of nitrogens with zero attached hydrogens (tertiary/aromatic N) is 2. The lowest BCUT2D eigenvalue weighted by Gasteiger charge is -2.49. The Labute approximate surface area is 139 Å². The van der Waals surface area contributed by atoms with E-state index in [1.807, 2.05) is 12.3 Å². The van der Waals surface area contributed by atoms with Gasteiger partial charge < -0.3 is 9.73 Å². The smallest absolute Gasteiger partial charge is 0.270 e. The summed E-state index contributed by atoms with van der Waals surface area (Å²) in [7, 11) is 0. The third-order valence-electron chi connectivity index (χ3n) is 5.32. The normalized spacial score (nSPS) is 29.8. The molecule has 1 amide bonds. The van der Waals surface area contributed by atoms with Crippen LogP contribution in [0.2, 0.25) is 0 Å². The minimum Gasteiger partial charge on any atom is -0.464 e. The molecule has 3 saturated heterocycles. The van der Waals surface area contributed by atoms with Crippen LogP contribution in [-0.2, 0) is 0 Å². The molecule has 0 spiro atoms. The van der Waals surface area contributed by atoms with Crippen LogP contribution in [0.25, 0.3) is 11.0 Å². The topological polar surface area (TPSA) is 58.4 Å². The number of pyridine rings is 1. The zero-order valence-electron chi connectivity index (χ0n) is 13.4. The van der Waals surface area contributed by atoms with Gasteiger partial charge in [-0.2, -0.15) is 0 Å². The summed E-state index contributed by atoms with van der Waals surface area (Å²) in [5.41, 5.74) is 1.16. The van der Waals surface area contributed by atoms with Crippen molar-refractivity contribution in [2.45, 2.75) is 36.9 Å². The number of aromatic nitrogens is 1. The summed E-state index contributed by atoms with van der Waals surface area (Å²) in [5, 5.41) is 5.03. The molecule has 3 fully saturated rings. The molecule has 2 unspecified atom stereocenters. The fourth-order valence-corrected chi connectivity index (χ4v) is 4.56. The Bertz CT molecular complexity index is 735. The van der Waals surface area contributed by atoms with Gasteiger partial charge in [0.05, 0.1) is 11.6 Å². The van der Waals surface area contributed by atoms with Crippen molar-refractivity contribution in [1.82, 2.24) is 15.2 Å². The van der Waals surface area contributed by atoms with Gasteiger partial charge in [-0.3, -0.25) is 9.69 Å². The third-order valence-corrected chi connectivity index (χ3v) is 6.01. The van der Waals surface area contributed by atoms with E-state index in [9.17, 15) is 4.79 Å². The van der Waals surface area contributed by atoms with Gasteiger partial charge in [0.15, 0.2) is 0 Å². The summed E-state index contributed by atoms with van der Waals surface area (Å²) in [6.07, 6.45) is 5.96. The first kappa shape index (κ1) is 15.0. The number of nitrogens with one attached hydrogen (secondary N) is 1. The number of fused-ring (bicyclic) bond motifs is 4. The fourth-order valence-electron chi connectivity index (χ4n) is 3.98. The highest BCUT2D eigenvalue weighted by molar-refractivity contribution is 7.98. The Hall–Kier alpha value is -1.53. The number of piperidine rings is 3. The quantitative estimate of drug-likeness (QED) is 0.877. The van der Waals surface area contributed by atoms with Crippen molar-refractivity contribution in [2.75, 3.05) is 19.3 Å². The van der Waals surface area contributed by atoms with Gasteiger partial charge in [-0.05, 0) is 51.1 Å². The Morgan fingerprint density at radius 2 is 2.22 bits per heavy atom. The summed E-state index contributed by atoms with van der Waals surface area (Å²) in [4.78, 5) is 19.7. The number of rotatable bonds is 3. The van der Waals surface area contributed by atoms with E-state index >= 15 is 0 Å². The van der Waals surface area contributed by atoms with Gasteiger partial charge in [0.2, 0.25) is 0 Å². The minimum atomic E-state index is -0.0933. The minimum absolute atomic E-state index is 0.0933. The Balaban J connectivity index is 1.59. The molecule has 0 saturated carbocycles. The molecule has 0 aromatic carbocycles. The summed E-state index contributed by atoms with van der Waals surface area (Å²) in [6.45, 7) is 4.53. The van der Waals surface area contributed by atoms with Crippen LogP contribution in [0, 0.1) is 5.92 Å². The largest absolute Gasteiger partial charge is 0.464 e. The Kier molecular flexibility index (Phi) is 3.81.